The summed E-state index contributed by atoms with van der Waals surface area (Å²) in [5, 5.41) is 11.4. The van der Waals surface area contributed by atoms with Gasteiger partial charge in [0.25, 0.3) is 0 Å². The van der Waals surface area contributed by atoms with Gasteiger partial charge >= 0.3 is 6.18 Å². The third kappa shape index (κ3) is 11.2. The number of carbonyl (C=O) groups is 1. The molecule has 18 heteroatoms. The molecule has 1 aromatic heterocycles. The number of carbonyl (C=O) groups excluding carboxylic acids is 1. The quantitative estimate of drug-likeness (QED) is 0.139. The molecule has 0 radical (unpaired) electrons. The molecule has 0 aliphatic rings. The Morgan fingerprint density at radius 3 is 2.27 bits per heavy atom. The molecule has 2 aromatic carbocycles. The number of benzene rings is 2. The summed E-state index contributed by atoms with van der Waals surface area (Å²) < 4.78 is 76.4. The van der Waals surface area contributed by atoms with Crippen LogP contribution in [0.1, 0.15) is 12.0 Å². The standard InChI is InChI=1S/C30H40ClF3N8O5S/c1-41(2)12-13-42(3)24-17-26(47-5)23(16-22(24)37-27(43)9-10-31)38-28-20(30(32,33)34)18-36-29(40-28)39-21-8-7-19(15-25(21)46-4)35-11-14-48(6,44)45/h7-8,15-18,35H,9-14H2,1-6H3,(H,37,43)(H2,36,38,39,40). The molecule has 0 unspecified atom stereocenters. The zero-order chi connectivity index (χ0) is 35.6. The molecule has 1 heterocycles. The third-order valence-corrected chi connectivity index (χ3v) is 7.94. The van der Waals surface area contributed by atoms with Gasteiger partial charge in [-0.15, -0.1) is 11.6 Å². The van der Waals surface area contributed by atoms with Crippen molar-refractivity contribution in [3.63, 3.8) is 0 Å². The topological polar surface area (TPSA) is 150 Å². The van der Waals surface area contributed by atoms with E-state index < -0.39 is 27.4 Å². The zero-order valence-corrected chi connectivity index (χ0v) is 29.0. The number of alkyl halides is 4. The van der Waals surface area contributed by atoms with Gasteiger partial charge in [0.1, 0.15) is 32.7 Å². The zero-order valence-electron chi connectivity index (χ0n) is 27.5. The van der Waals surface area contributed by atoms with Crippen LogP contribution in [0.25, 0.3) is 0 Å². The number of rotatable bonds is 17. The van der Waals surface area contributed by atoms with Crippen molar-refractivity contribution in [3.05, 3.63) is 42.1 Å². The number of sulfone groups is 1. The summed E-state index contributed by atoms with van der Waals surface area (Å²) in [6.45, 7) is 1.43. The highest BCUT2D eigenvalue weighted by Gasteiger charge is 2.36. The van der Waals surface area contributed by atoms with E-state index in [0.717, 1.165) is 6.26 Å². The Bertz CT molecular complexity index is 1680. The number of nitrogens with zero attached hydrogens (tertiary/aromatic N) is 4. The number of methoxy groups -OCH3 is 2. The van der Waals surface area contributed by atoms with Gasteiger partial charge in [0.2, 0.25) is 11.9 Å². The Hall–Kier alpha value is -4.22. The van der Waals surface area contributed by atoms with Crippen LogP contribution in [0.5, 0.6) is 11.5 Å². The highest BCUT2D eigenvalue weighted by Crippen LogP contribution is 2.41. The summed E-state index contributed by atoms with van der Waals surface area (Å²) in [5.74, 6) is -0.647. The van der Waals surface area contributed by atoms with E-state index >= 15 is 0 Å². The van der Waals surface area contributed by atoms with Crippen LogP contribution in [0.4, 0.5) is 53.4 Å². The maximum absolute atomic E-state index is 14.2. The second-order valence-corrected chi connectivity index (χ2v) is 13.6. The van der Waals surface area contributed by atoms with Crippen LogP contribution < -0.4 is 35.6 Å². The molecule has 0 atom stereocenters. The van der Waals surface area contributed by atoms with Crippen LogP contribution in [-0.4, -0.2) is 102 Å². The molecule has 264 valence electrons. The first-order valence-corrected chi connectivity index (χ1v) is 17.2. The van der Waals surface area contributed by atoms with E-state index in [4.69, 9.17) is 21.1 Å². The van der Waals surface area contributed by atoms with E-state index in [1.165, 1.54) is 20.3 Å². The fourth-order valence-corrected chi connectivity index (χ4v) is 4.94. The first-order chi connectivity index (χ1) is 22.5. The van der Waals surface area contributed by atoms with Crippen molar-refractivity contribution in [2.75, 3.05) is 99.1 Å². The minimum Gasteiger partial charge on any atom is -0.494 e. The molecule has 0 saturated carbocycles. The fourth-order valence-electron chi connectivity index (χ4n) is 4.30. The monoisotopic (exact) mass is 716 g/mol. The molecule has 48 heavy (non-hydrogen) atoms. The number of hydrogen-bond acceptors (Lipinski definition) is 12. The molecular weight excluding hydrogens is 677 g/mol. The molecule has 3 rings (SSSR count). The number of amides is 1. The summed E-state index contributed by atoms with van der Waals surface area (Å²) in [7, 11) is 5.26. The van der Waals surface area contributed by atoms with Crippen molar-refractivity contribution in [1.82, 2.24) is 14.9 Å². The smallest absolute Gasteiger partial charge is 0.421 e. The van der Waals surface area contributed by atoms with Crippen molar-refractivity contribution < 1.29 is 35.9 Å². The Balaban J connectivity index is 2.01. The summed E-state index contributed by atoms with van der Waals surface area (Å²) in [6, 6.07) is 7.90. The molecular formula is C30H40ClF3N8O5S. The van der Waals surface area contributed by atoms with E-state index in [1.54, 1.807) is 24.3 Å². The van der Waals surface area contributed by atoms with Crippen molar-refractivity contribution in [1.29, 1.82) is 0 Å². The van der Waals surface area contributed by atoms with Crippen molar-refractivity contribution in [2.45, 2.75) is 12.6 Å². The lowest BCUT2D eigenvalue weighted by molar-refractivity contribution is -0.137. The third-order valence-electron chi connectivity index (χ3n) is 6.80. The Kier molecular flexibility index (Phi) is 13.3. The Labute approximate surface area is 283 Å². The summed E-state index contributed by atoms with van der Waals surface area (Å²) in [6.07, 6.45) is -3.02. The predicted molar refractivity (Wildman–Crippen MR) is 184 cm³/mol. The molecule has 13 nitrogen and oxygen atoms in total. The Morgan fingerprint density at radius 1 is 0.979 bits per heavy atom. The van der Waals surface area contributed by atoms with Crippen molar-refractivity contribution >= 4 is 67.5 Å². The fraction of sp³-hybridized carbons (Fsp3) is 0.433. The van der Waals surface area contributed by atoms with Gasteiger partial charge in [-0.05, 0) is 32.3 Å². The normalized spacial score (nSPS) is 11.6. The summed E-state index contributed by atoms with van der Waals surface area (Å²) in [4.78, 5) is 24.4. The van der Waals surface area contributed by atoms with E-state index in [9.17, 15) is 26.4 Å². The molecule has 0 saturated heterocycles. The second-order valence-electron chi connectivity index (χ2n) is 11.0. The maximum Gasteiger partial charge on any atom is 0.421 e. The minimum absolute atomic E-state index is 0.0253. The molecule has 0 bridgehead atoms. The average Bonchev–Trinajstić information content (AvgIpc) is 2.99. The number of likely N-dealkylation sites (N-methyl/N-ethyl adjacent to an activating group) is 2. The first-order valence-electron chi connectivity index (χ1n) is 14.6. The van der Waals surface area contributed by atoms with Gasteiger partial charge in [-0.2, -0.15) is 18.2 Å². The Morgan fingerprint density at radius 2 is 1.67 bits per heavy atom. The van der Waals surface area contributed by atoms with Gasteiger partial charge in [0, 0.05) is 69.3 Å². The van der Waals surface area contributed by atoms with Gasteiger partial charge in [0.15, 0.2) is 0 Å². The van der Waals surface area contributed by atoms with E-state index in [1.807, 2.05) is 30.9 Å². The average molecular weight is 717 g/mol. The molecule has 0 spiro atoms. The van der Waals surface area contributed by atoms with E-state index in [-0.39, 0.29) is 47.9 Å². The van der Waals surface area contributed by atoms with E-state index in [0.29, 0.717) is 47.8 Å². The van der Waals surface area contributed by atoms with Crippen LogP contribution in [0.3, 0.4) is 0 Å². The van der Waals surface area contributed by atoms with Crippen LogP contribution in [0.2, 0.25) is 0 Å². The molecule has 0 aliphatic carbocycles. The largest absolute Gasteiger partial charge is 0.494 e. The second kappa shape index (κ2) is 16.7. The summed E-state index contributed by atoms with van der Waals surface area (Å²) >= 11 is 5.76. The van der Waals surface area contributed by atoms with Crippen LogP contribution >= 0.6 is 11.6 Å². The first kappa shape index (κ1) is 38.2. The lowest BCUT2D eigenvalue weighted by atomic mass is 10.1. The van der Waals surface area contributed by atoms with Gasteiger partial charge in [-0.1, -0.05) is 0 Å². The molecule has 4 N–H and O–H groups in total. The molecule has 1 amide bonds. The van der Waals surface area contributed by atoms with Crippen LogP contribution in [0.15, 0.2) is 36.5 Å². The highest BCUT2D eigenvalue weighted by atomic mass is 35.5. The number of halogens is 4. The van der Waals surface area contributed by atoms with Gasteiger partial charge < -0.3 is 40.5 Å². The number of nitrogens with one attached hydrogen (secondary N) is 4. The number of aromatic nitrogens is 2. The number of anilines is 7. The van der Waals surface area contributed by atoms with Gasteiger partial charge in [-0.25, -0.2) is 13.4 Å². The van der Waals surface area contributed by atoms with Crippen molar-refractivity contribution in [3.8, 4) is 11.5 Å². The van der Waals surface area contributed by atoms with Crippen LogP contribution in [0, 0.1) is 0 Å². The van der Waals surface area contributed by atoms with E-state index in [2.05, 4.69) is 31.2 Å². The summed E-state index contributed by atoms with van der Waals surface area (Å²) in [5.41, 5.74) is 0.751. The van der Waals surface area contributed by atoms with Crippen molar-refractivity contribution in [2.24, 2.45) is 0 Å². The van der Waals surface area contributed by atoms with Gasteiger partial charge in [-0.3, -0.25) is 4.79 Å². The highest BCUT2D eigenvalue weighted by molar-refractivity contribution is 7.90. The molecule has 0 aliphatic heterocycles. The van der Waals surface area contributed by atoms with Crippen LogP contribution in [-0.2, 0) is 20.8 Å². The lowest BCUT2D eigenvalue weighted by Crippen LogP contribution is -2.29. The van der Waals surface area contributed by atoms with Gasteiger partial charge in [0.05, 0.1) is 42.7 Å². The SMILES string of the molecule is COc1cc(NCCS(C)(=O)=O)ccc1Nc1ncc(C(F)(F)F)c(Nc2cc(NC(=O)CCCl)c(N(C)CCN(C)C)cc2OC)n1. The molecule has 0 fully saturated rings. The minimum atomic E-state index is -4.82. The lowest BCUT2D eigenvalue weighted by Gasteiger charge is -2.26. The number of hydrogen-bond donors (Lipinski definition) is 4. The number of ether oxygens (including phenoxy) is 2. The predicted octanol–water partition coefficient (Wildman–Crippen LogP) is 5.02. The maximum atomic E-state index is 14.2. The molecule has 3 aromatic rings.